The van der Waals surface area contributed by atoms with Crippen molar-refractivity contribution in [3.63, 3.8) is 0 Å². The summed E-state index contributed by atoms with van der Waals surface area (Å²) in [7, 11) is 1.42. The number of rotatable bonds is 3. The molecule has 0 amide bonds. The van der Waals surface area contributed by atoms with Crippen molar-refractivity contribution in [3.8, 4) is 5.75 Å². The van der Waals surface area contributed by atoms with Crippen LogP contribution in [0.3, 0.4) is 0 Å². The van der Waals surface area contributed by atoms with E-state index in [1.165, 1.54) is 13.2 Å². The summed E-state index contributed by atoms with van der Waals surface area (Å²) >= 11 is 1.57. The van der Waals surface area contributed by atoms with E-state index in [-0.39, 0.29) is 5.75 Å². The fourth-order valence-electron chi connectivity index (χ4n) is 1.32. The second kappa shape index (κ2) is 4.40. The molecule has 0 spiro atoms. The Kier molecular flexibility index (Phi) is 2.96. The Morgan fingerprint density at radius 1 is 1.44 bits per heavy atom. The number of hydrogen-bond acceptors (Lipinski definition) is 4. The zero-order valence-corrected chi connectivity index (χ0v) is 9.48. The number of thiophene rings is 1. The number of methoxy groups -OCH3 is 1. The molecule has 1 heterocycles. The molecule has 0 fully saturated rings. The van der Waals surface area contributed by atoms with E-state index in [2.05, 4.69) is 5.32 Å². The van der Waals surface area contributed by atoms with E-state index >= 15 is 0 Å². The van der Waals surface area contributed by atoms with Crippen LogP contribution in [0.25, 0.3) is 0 Å². The third-order valence-electron chi connectivity index (χ3n) is 2.12. The van der Waals surface area contributed by atoms with Crippen LogP contribution in [0.5, 0.6) is 5.75 Å². The van der Waals surface area contributed by atoms with E-state index in [1.807, 2.05) is 16.8 Å². The molecule has 0 aliphatic rings. The first-order valence-corrected chi connectivity index (χ1v) is 5.57. The average Bonchev–Trinajstić information content (AvgIpc) is 2.75. The predicted octanol–water partition coefficient (Wildman–Crippen LogP) is 3.22. The standard InChI is InChI=1S/C11H11FN2OS/c1-15-11-5-10(9(13)4-8(11)12)14-7-2-3-16-6-7/h2-6,14H,13H2,1H3. The van der Waals surface area contributed by atoms with Crippen LogP contribution in [-0.2, 0) is 0 Å². The molecule has 16 heavy (non-hydrogen) atoms. The van der Waals surface area contributed by atoms with Crippen molar-refractivity contribution in [1.82, 2.24) is 0 Å². The van der Waals surface area contributed by atoms with Crippen molar-refractivity contribution < 1.29 is 9.13 Å². The first-order valence-electron chi connectivity index (χ1n) is 4.63. The van der Waals surface area contributed by atoms with Gasteiger partial charge in [-0.3, -0.25) is 0 Å². The zero-order chi connectivity index (χ0) is 11.5. The lowest BCUT2D eigenvalue weighted by molar-refractivity contribution is 0.387. The number of nitrogens with two attached hydrogens (primary N) is 1. The van der Waals surface area contributed by atoms with E-state index in [0.717, 1.165) is 5.69 Å². The lowest BCUT2D eigenvalue weighted by Gasteiger charge is -2.10. The number of anilines is 3. The van der Waals surface area contributed by atoms with Gasteiger partial charge in [0.25, 0.3) is 0 Å². The average molecular weight is 238 g/mol. The minimum absolute atomic E-state index is 0.173. The Bertz CT molecular complexity index is 485. The van der Waals surface area contributed by atoms with Crippen LogP contribution in [0.15, 0.2) is 29.0 Å². The number of nitrogen functional groups attached to an aromatic ring is 1. The second-order valence-electron chi connectivity index (χ2n) is 3.21. The number of halogens is 1. The zero-order valence-electron chi connectivity index (χ0n) is 8.66. The maximum absolute atomic E-state index is 13.3. The van der Waals surface area contributed by atoms with Gasteiger partial charge in [-0.05, 0) is 11.4 Å². The van der Waals surface area contributed by atoms with Gasteiger partial charge in [-0.2, -0.15) is 11.3 Å². The number of ether oxygens (including phenoxy) is 1. The molecule has 0 aliphatic carbocycles. The van der Waals surface area contributed by atoms with Crippen molar-refractivity contribution >= 4 is 28.4 Å². The molecule has 1 aromatic carbocycles. The Morgan fingerprint density at radius 3 is 2.88 bits per heavy atom. The van der Waals surface area contributed by atoms with Crippen molar-refractivity contribution in [2.75, 3.05) is 18.2 Å². The van der Waals surface area contributed by atoms with Crippen LogP contribution >= 0.6 is 11.3 Å². The minimum atomic E-state index is -0.462. The second-order valence-corrected chi connectivity index (χ2v) is 3.99. The maximum atomic E-state index is 13.3. The molecule has 5 heteroatoms. The van der Waals surface area contributed by atoms with Crippen LogP contribution in [-0.4, -0.2) is 7.11 Å². The molecule has 0 atom stereocenters. The van der Waals surface area contributed by atoms with Gasteiger partial charge in [0, 0.05) is 23.2 Å². The molecule has 0 radical (unpaired) electrons. The Labute approximate surface area is 96.7 Å². The topological polar surface area (TPSA) is 47.3 Å². The van der Waals surface area contributed by atoms with Gasteiger partial charge >= 0.3 is 0 Å². The summed E-state index contributed by atoms with van der Waals surface area (Å²) < 4.78 is 18.2. The normalized spacial score (nSPS) is 10.1. The summed E-state index contributed by atoms with van der Waals surface area (Å²) in [5.41, 5.74) is 7.62. The highest BCUT2D eigenvalue weighted by Gasteiger charge is 2.08. The van der Waals surface area contributed by atoms with Gasteiger partial charge in [0.05, 0.1) is 18.5 Å². The summed E-state index contributed by atoms with van der Waals surface area (Å²) in [4.78, 5) is 0. The molecule has 2 rings (SSSR count). The molecule has 1 aromatic heterocycles. The van der Waals surface area contributed by atoms with Crippen LogP contribution in [0.1, 0.15) is 0 Å². The molecule has 0 saturated carbocycles. The van der Waals surface area contributed by atoms with Crippen molar-refractivity contribution in [2.24, 2.45) is 0 Å². The molecule has 0 aliphatic heterocycles. The SMILES string of the molecule is COc1cc(Nc2ccsc2)c(N)cc1F. The van der Waals surface area contributed by atoms with Crippen molar-refractivity contribution in [2.45, 2.75) is 0 Å². The summed E-state index contributed by atoms with van der Waals surface area (Å²) in [6.45, 7) is 0. The highest BCUT2D eigenvalue weighted by Crippen LogP contribution is 2.30. The van der Waals surface area contributed by atoms with Gasteiger partial charge in [0.2, 0.25) is 0 Å². The highest BCUT2D eigenvalue weighted by molar-refractivity contribution is 7.08. The van der Waals surface area contributed by atoms with Crippen LogP contribution in [0.2, 0.25) is 0 Å². The molecule has 2 aromatic rings. The van der Waals surface area contributed by atoms with Crippen molar-refractivity contribution in [1.29, 1.82) is 0 Å². The highest BCUT2D eigenvalue weighted by atomic mass is 32.1. The molecular formula is C11H11FN2OS. The predicted molar refractivity (Wildman–Crippen MR) is 65.0 cm³/mol. The summed E-state index contributed by atoms with van der Waals surface area (Å²) in [6.07, 6.45) is 0. The number of nitrogens with one attached hydrogen (secondary N) is 1. The molecule has 3 N–H and O–H groups in total. The van der Waals surface area contributed by atoms with Crippen LogP contribution in [0.4, 0.5) is 21.5 Å². The monoisotopic (exact) mass is 238 g/mol. The van der Waals surface area contributed by atoms with Crippen LogP contribution in [0, 0.1) is 5.82 Å². The van der Waals surface area contributed by atoms with E-state index in [9.17, 15) is 4.39 Å². The minimum Gasteiger partial charge on any atom is -0.494 e. The molecule has 3 nitrogen and oxygen atoms in total. The lowest BCUT2D eigenvalue weighted by atomic mass is 10.2. The fourth-order valence-corrected chi connectivity index (χ4v) is 1.91. The third-order valence-corrected chi connectivity index (χ3v) is 2.81. The van der Waals surface area contributed by atoms with E-state index in [1.54, 1.807) is 17.4 Å². The number of hydrogen-bond donors (Lipinski definition) is 2. The summed E-state index contributed by atoms with van der Waals surface area (Å²) in [5, 5.41) is 6.98. The number of benzene rings is 1. The quantitative estimate of drug-likeness (QED) is 0.807. The summed E-state index contributed by atoms with van der Waals surface area (Å²) in [5.74, 6) is -0.289. The smallest absolute Gasteiger partial charge is 0.167 e. The first-order chi connectivity index (χ1) is 7.70. The van der Waals surface area contributed by atoms with Gasteiger partial charge in [0.15, 0.2) is 11.6 Å². The molecule has 84 valence electrons. The van der Waals surface area contributed by atoms with Gasteiger partial charge in [-0.25, -0.2) is 4.39 Å². The van der Waals surface area contributed by atoms with Crippen LogP contribution < -0.4 is 15.8 Å². The van der Waals surface area contributed by atoms with Gasteiger partial charge < -0.3 is 15.8 Å². The first kappa shape index (κ1) is 10.8. The molecule has 0 saturated heterocycles. The Balaban J connectivity index is 2.33. The molecule has 0 unspecified atom stereocenters. The molecule has 0 bridgehead atoms. The maximum Gasteiger partial charge on any atom is 0.167 e. The van der Waals surface area contributed by atoms with Gasteiger partial charge in [0.1, 0.15) is 0 Å². The summed E-state index contributed by atoms with van der Waals surface area (Å²) in [6, 6.07) is 4.70. The van der Waals surface area contributed by atoms with Gasteiger partial charge in [-0.15, -0.1) is 0 Å². The van der Waals surface area contributed by atoms with E-state index in [4.69, 9.17) is 10.5 Å². The van der Waals surface area contributed by atoms with Gasteiger partial charge in [-0.1, -0.05) is 0 Å². The Hall–Kier alpha value is -1.75. The fraction of sp³-hybridized carbons (Fsp3) is 0.0909. The van der Waals surface area contributed by atoms with E-state index < -0.39 is 5.82 Å². The van der Waals surface area contributed by atoms with E-state index in [0.29, 0.717) is 11.4 Å². The van der Waals surface area contributed by atoms with Crippen molar-refractivity contribution in [3.05, 3.63) is 34.8 Å². The largest absolute Gasteiger partial charge is 0.494 e. The lowest BCUT2D eigenvalue weighted by Crippen LogP contribution is -1.98. The Morgan fingerprint density at radius 2 is 2.25 bits per heavy atom. The third kappa shape index (κ3) is 2.09. The molecular weight excluding hydrogens is 227 g/mol.